The molecule has 136 valence electrons. The molecule has 2 aromatic rings. The highest BCUT2D eigenvalue weighted by atomic mass is 16.8. The van der Waals surface area contributed by atoms with Crippen molar-refractivity contribution >= 4 is 0 Å². The van der Waals surface area contributed by atoms with E-state index in [0.29, 0.717) is 13.2 Å². The van der Waals surface area contributed by atoms with Gasteiger partial charge < -0.3 is 18.9 Å². The highest BCUT2D eigenvalue weighted by Crippen LogP contribution is 2.55. The second-order valence-corrected chi connectivity index (χ2v) is 7.46. The van der Waals surface area contributed by atoms with Crippen LogP contribution in [0.5, 0.6) is 0 Å². The van der Waals surface area contributed by atoms with Gasteiger partial charge in [0.1, 0.15) is 12.2 Å². The lowest BCUT2D eigenvalue weighted by molar-refractivity contribution is -0.494. The molecule has 4 heteroatoms. The van der Waals surface area contributed by atoms with Crippen molar-refractivity contribution in [3.63, 3.8) is 0 Å². The number of rotatable bonds is 6. The zero-order valence-electron chi connectivity index (χ0n) is 14.8. The summed E-state index contributed by atoms with van der Waals surface area (Å²) in [5, 5.41) is 0. The molecule has 1 saturated heterocycles. The first kappa shape index (κ1) is 16.5. The maximum atomic E-state index is 6.41. The van der Waals surface area contributed by atoms with Gasteiger partial charge in [0.15, 0.2) is 11.6 Å². The van der Waals surface area contributed by atoms with E-state index in [1.165, 1.54) is 0 Å². The summed E-state index contributed by atoms with van der Waals surface area (Å²) < 4.78 is 25.3. The summed E-state index contributed by atoms with van der Waals surface area (Å²) >= 11 is 0. The van der Waals surface area contributed by atoms with Crippen LogP contribution in [0.4, 0.5) is 0 Å². The van der Waals surface area contributed by atoms with Crippen molar-refractivity contribution in [3.05, 3.63) is 71.8 Å². The van der Waals surface area contributed by atoms with Crippen LogP contribution in [0.3, 0.4) is 0 Å². The van der Waals surface area contributed by atoms with Gasteiger partial charge in [-0.05, 0) is 24.0 Å². The van der Waals surface area contributed by atoms with Gasteiger partial charge in [0.2, 0.25) is 0 Å². The fraction of sp³-hybridized carbons (Fsp3) is 0.455. The molecule has 3 fully saturated rings. The summed E-state index contributed by atoms with van der Waals surface area (Å²) in [6.45, 7) is 1.09. The molecule has 0 unspecified atom stereocenters. The lowest BCUT2D eigenvalue weighted by Gasteiger charge is -2.62. The molecule has 4 atom stereocenters. The SMILES string of the molecule is c1ccc(CO[C@@]23CC[C@@H]2O[C@@]2(OCc4ccccc4)CC[C@H]2O3)cc1. The van der Waals surface area contributed by atoms with Gasteiger partial charge in [0.05, 0.1) is 13.2 Å². The molecule has 3 aliphatic rings. The molecule has 0 radical (unpaired) electrons. The molecular formula is C22H24O4. The lowest BCUT2D eigenvalue weighted by atomic mass is 9.78. The monoisotopic (exact) mass is 352 g/mol. The molecule has 5 rings (SSSR count). The van der Waals surface area contributed by atoms with Crippen molar-refractivity contribution in [2.24, 2.45) is 0 Å². The van der Waals surface area contributed by atoms with Gasteiger partial charge in [-0.2, -0.15) is 0 Å². The van der Waals surface area contributed by atoms with E-state index in [9.17, 15) is 0 Å². The first-order valence-corrected chi connectivity index (χ1v) is 9.49. The topological polar surface area (TPSA) is 36.9 Å². The van der Waals surface area contributed by atoms with Crippen molar-refractivity contribution in [3.8, 4) is 0 Å². The zero-order chi connectivity index (χ0) is 17.5. The van der Waals surface area contributed by atoms with Gasteiger partial charge in [0, 0.05) is 12.8 Å². The Bertz CT molecular complexity index is 684. The minimum Gasteiger partial charge on any atom is -0.343 e. The maximum absolute atomic E-state index is 6.41. The van der Waals surface area contributed by atoms with Gasteiger partial charge in [-0.25, -0.2) is 0 Å². The molecule has 4 nitrogen and oxygen atoms in total. The molecular weight excluding hydrogens is 328 g/mol. The molecule has 1 aliphatic heterocycles. The Hall–Kier alpha value is -1.72. The van der Waals surface area contributed by atoms with E-state index in [1.807, 2.05) is 36.4 Å². The molecule has 1 heterocycles. The van der Waals surface area contributed by atoms with Crippen LogP contribution >= 0.6 is 0 Å². The summed E-state index contributed by atoms with van der Waals surface area (Å²) in [4.78, 5) is 0. The summed E-state index contributed by atoms with van der Waals surface area (Å²) in [6, 6.07) is 20.4. The molecule has 2 aromatic carbocycles. The Morgan fingerprint density at radius 1 is 0.692 bits per heavy atom. The normalized spacial score (nSPS) is 34.9. The van der Waals surface area contributed by atoms with Crippen LogP contribution in [0.1, 0.15) is 36.8 Å². The van der Waals surface area contributed by atoms with Crippen molar-refractivity contribution < 1.29 is 18.9 Å². The van der Waals surface area contributed by atoms with Gasteiger partial charge in [-0.1, -0.05) is 60.7 Å². The molecule has 0 spiro atoms. The highest BCUT2D eigenvalue weighted by Gasteiger charge is 2.66. The van der Waals surface area contributed by atoms with Crippen LogP contribution in [-0.4, -0.2) is 23.8 Å². The Kier molecular flexibility index (Phi) is 4.09. The fourth-order valence-corrected chi connectivity index (χ4v) is 4.00. The van der Waals surface area contributed by atoms with Crippen LogP contribution in [0.25, 0.3) is 0 Å². The largest absolute Gasteiger partial charge is 0.343 e. The Morgan fingerprint density at radius 2 is 1.12 bits per heavy atom. The molecule has 0 amide bonds. The van der Waals surface area contributed by atoms with Gasteiger partial charge >= 0.3 is 0 Å². The average molecular weight is 352 g/mol. The molecule has 26 heavy (non-hydrogen) atoms. The van der Waals surface area contributed by atoms with Crippen LogP contribution in [-0.2, 0) is 32.2 Å². The quantitative estimate of drug-likeness (QED) is 0.781. The second-order valence-electron chi connectivity index (χ2n) is 7.46. The minimum absolute atomic E-state index is 0.0430. The molecule has 0 aromatic heterocycles. The zero-order valence-corrected chi connectivity index (χ0v) is 14.8. The third kappa shape index (κ3) is 2.78. The van der Waals surface area contributed by atoms with Crippen LogP contribution in [0.15, 0.2) is 60.7 Å². The van der Waals surface area contributed by atoms with Crippen molar-refractivity contribution in [1.82, 2.24) is 0 Å². The van der Waals surface area contributed by atoms with Crippen LogP contribution in [0.2, 0.25) is 0 Å². The van der Waals surface area contributed by atoms with Gasteiger partial charge in [-0.15, -0.1) is 0 Å². The first-order chi connectivity index (χ1) is 12.8. The van der Waals surface area contributed by atoms with E-state index in [1.54, 1.807) is 0 Å². The smallest absolute Gasteiger partial charge is 0.195 e. The van der Waals surface area contributed by atoms with E-state index in [-0.39, 0.29) is 12.2 Å². The third-order valence-corrected chi connectivity index (χ3v) is 5.83. The summed E-state index contributed by atoms with van der Waals surface area (Å²) in [5.74, 6) is -1.19. The number of benzene rings is 2. The van der Waals surface area contributed by atoms with Crippen molar-refractivity contribution in [1.29, 1.82) is 0 Å². The van der Waals surface area contributed by atoms with E-state index in [4.69, 9.17) is 18.9 Å². The fourth-order valence-electron chi connectivity index (χ4n) is 4.00. The van der Waals surface area contributed by atoms with E-state index >= 15 is 0 Å². The van der Waals surface area contributed by atoms with Crippen molar-refractivity contribution in [2.45, 2.75) is 62.7 Å². The standard InChI is InChI=1S/C22H24O4/c1-3-7-17(8-4-1)15-23-21-13-11-19(21)26-22(14-12-20(22)25-21)24-16-18-9-5-2-6-10-18/h1-10,19-20H,11-16H2/t19-,20+,21+,22-. The number of fused-ring (bicyclic) bond motifs is 2. The summed E-state index contributed by atoms with van der Waals surface area (Å²) in [5.41, 5.74) is 2.31. The predicted octanol–water partition coefficient (Wildman–Crippen LogP) is 4.18. The average Bonchev–Trinajstić information content (AvgIpc) is 2.67. The Morgan fingerprint density at radius 3 is 1.46 bits per heavy atom. The second kappa shape index (κ2) is 6.46. The van der Waals surface area contributed by atoms with E-state index in [2.05, 4.69) is 24.3 Å². The number of ether oxygens (including phenoxy) is 4. The van der Waals surface area contributed by atoms with Crippen LogP contribution in [0, 0.1) is 0 Å². The lowest BCUT2D eigenvalue weighted by Crippen LogP contribution is -2.73. The first-order valence-electron chi connectivity index (χ1n) is 9.49. The molecule has 0 bridgehead atoms. The predicted molar refractivity (Wildman–Crippen MR) is 96.1 cm³/mol. The maximum Gasteiger partial charge on any atom is 0.195 e. The molecule has 2 saturated carbocycles. The van der Waals surface area contributed by atoms with Gasteiger partial charge in [-0.3, -0.25) is 0 Å². The Balaban J connectivity index is 1.24. The van der Waals surface area contributed by atoms with Crippen molar-refractivity contribution in [2.75, 3.05) is 0 Å². The number of hydrogen-bond donors (Lipinski definition) is 0. The van der Waals surface area contributed by atoms with Crippen LogP contribution < -0.4 is 0 Å². The van der Waals surface area contributed by atoms with E-state index < -0.39 is 11.6 Å². The summed E-state index contributed by atoms with van der Waals surface area (Å²) in [6.07, 6.45) is 3.60. The molecule has 0 N–H and O–H groups in total. The third-order valence-electron chi connectivity index (χ3n) is 5.83. The van der Waals surface area contributed by atoms with Gasteiger partial charge in [0.25, 0.3) is 0 Å². The highest BCUT2D eigenvalue weighted by molar-refractivity contribution is 5.15. The number of hydrogen-bond acceptors (Lipinski definition) is 4. The van der Waals surface area contributed by atoms with E-state index in [0.717, 1.165) is 36.8 Å². The minimum atomic E-state index is -0.597. The molecule has 2 aliphatic carbocycles. The summed E-state index contributed by atoms with van der Waals surface area (Å²) in [7, 11) is 0. The Labute approximate surface area is 154 Å².